The lowest BCUT2D eigenvalue weighted by atomic mass is 9.97. The molecule has 3 aliphatic rings. The highest BCUT2D eigenvalue weighted by atomic mass is 19.1. The first-order valence-corrected chi connectivity index (χ1v) is 10.7. The normalized spacial score (nSPS) is 24.4. The predicted octanol–water partition coefficient (Wildman–Crippen LogP) is 1.16. The number of imide groups is 1. The zero-order valence-corrected chi connectivity index (χ0v) is 16.8. The van der Waals surface area contributed by atoms with Crippen molar-refractivity contribution in [1.82, 2.24) is 15.5 Å². The van der Waals surface area contributed by atoms with Crippen molar-refractivity contribution in [2.45, 2.75) is 31.7 Å². The molecular weight excluding hydrogens is 373 g/mol. The maximum absolute atomic E-state index is 14.8. The highest BCUT2D eigenvalue weighted by Gasteiger charge is 2.27. The van der Waals surface area contributed by atoms with Crippen LogP contribution >= 0.6 is 0 Å². The number of anilines is 2. The highest BCUT2D eigenvalue weighted by Crippen LogP contribution is 2.25. The van der Waals surface area contributed by atoms with Crippen molar-refractivity contribution in [1.29, 1.82) is 0 Å². The quantitative estimate of drug-likeness (QED) is 0.641. The van der Waals surface area contributed by atoms with Gasteiger partial charge in [0, 0.05) is 44.8 Å². The van der Waals surface area contributed by atoms with Gasteiger partial charge in [0.1, 0.15) is 11.9 Å². The smallest absolute Gasteiger partial charge is 0.249 e. The van der Waals surface area contributed by atoms with E-state index in [0.717, 1.165) is 51.7 Å². The second kappa shape index (κ2) is 9.09. The van der Waals surface area contributed by atoms with E-state index in [0.29, 0.717) is 24.2 Å². The van der Waals surface area contributed by atoms with Gasteiger partial charge in [0.2, 0.25) is 11.8 Å². The van der Waals surface area contributed by atoms with Gasteiger partial charge in [-0.15, -0.1) is 0 Å². The van der Waals surface area contributed by atoms with Crippen LogP contribution in [0.2, 0.25) is 0 Å². The number of nitrogens with one attached hydrogen (secondary N) is 3. The summed E-state index contributed by atoms with van der Waals surface area (Å²) in [5.41, 5.74) is 1.17. The molecule has 3 heterocycles. The number of rotatable bonds is 5. The largest absolute Gasteiger partial charge is 0.374 e. The summed E-state index contributed by atoms with van der Waals surface area (Å²) in [6.07, 6.45) is 3.21. The number of nitrogens with zero attached hydrogens (tertiary/aromatic N) is 2. The van der Waals surface area contributed by atoms with Gasteiger partial charge in [-0.25, -0.2) is 4.39 Å². The fourth-order valence-electron chi connectivity index (χ4n) is 4.49. The molecule has 29 heavy (non-hydrogen) atoms. The number of halogens is 1. The van der Waals surface area contributed by atoms with Crippen molar-refractivity contribution in [2.75, 3.05) is 56.0 Å². The molecule has 0 spiro atoms. The van der Waals surface area contributed by atoms with E-state index in [2.05, 4.69) is 25.8 Å². The van der Waals surface area contributed by atoms with E-state index in [9.17, 15) is 14.0 Å². The van der Waals surface area contributed by atoms with Crippen LogP contribution in [0.25, 0.3) is 0 Å². The second-order valence-corrected chi connectivity index (χ2v) is 8.30. The van der Waals surface area contributed by atoms with Crippen molar-refractivity contribution < 1.29 is 14.0 Å². The van der Waals surface area contributed by atoms with Crippen molar-refractivity contribution in [3.05, 3.63) is 24.0 Å². The predicted molar refractivity (Wildman–Crippen MR) is 110 cm³/mol. The molecule has 7 nitrogen and oxygen atoms in total. The van der Waals surface area contributed by atoms with Crippen LogP contribution in [0.5, 0.6) is 0 Å². The second-order valence-electron chi connectivity index (χ2n) is 8.30. The third-order valence-corrected chi connectivity index (χ3v) is 6.22. The molecule has 0 bridgehead atoms. The molecule has 4 rings (SSSR count). The SMILES string of the molecule is O=C1CC[C@H](Nc2ccc(N3CCN(CC4CCNCC4)CC3)c(F)c2)C(=O)N1. The van der Waals surface area contributed by atoms with Crippen LogP contribution in [0.3, 0.4) is 0 Å². The summed E-state index contributed by atoms with van der Waals surface area (Å²) in [6, 6.07) is 4.53. The lowest BCUT2D eigenvalue weighted by Gasteiger charge is -2.38. The summed E-state index contributed by atoms with van der Waals surface area (Å²) in [4.78, 5) is 27.7. The Morgan fingerprint density at radius 2 is 1.83 bits per heavy atom. The van der Waals surface area contributed by atoms with Gasteiger partial charge < -0.3 is 15.5 Å². The summed E-state index contributed by atoms with van der Waals surface area (Å²) < 4.78 is 14.8. The molecule has 0 unspecified atom stereocenters. The van der Waals surface area contributed by atoms with E-state index >= 15 is 0 Å². The Bertz CT molecular complexity index is 745. The van der Waals surface area contributed by atoms with Gasteiger partial charge in [-0.1, -0.05) is 0 Å². The Labute approximate surface area is 171 Å². The zero-order valence-electron chi connectivity index (χ0n) is 16.8. The summed E-state index contributed by atoms with van der Waals surface area (Å²) in [5.74, 6) is -0.115. The monoisotopic (exact) mass is 403 g/mol. The lowest BCUT2D eigenvalue weighted by Crippen LogP contribution is -2.49. The molecule has 0 aromatic heterocycles. The van der Waals surface area contributed by atoms with Gasteiger partial charge in [-0.2, -0.15) is 0 Å². The highest BCUT2D eigenvalue weighted by molar-refractivity contribution is 6.01. The van der Waals surface area contributed by atoms with E-state index in [1.54, 1.807) is 6.07 Å². The Morgan fingerprint density at radius 3 is 2.52 bits per heavy atom. The number of amides is 2. The van der Waals surface area contributed by atoms with Crippen molar-refractivity contribution in [3.8, 4) is 0 Å². The van der Waals surface area contributed by atoms with Crippen molar-refractivity contribution in [2.24, 2.45) is 5.92 Å². The lowest BCUT2D eigenvalue weighted by molar-refractivity contribution is -0.133. The summed E-state index contributed by atoms with van der Waals surface area (Å²) >= 11 is 0. The molecule has 3 fully saturated rings. The van der Waals surface area contributed by atoms with Crippen molar-refractivity contribution >= 4 is 23.2 Å². The minimum atomic E-state index is -0.503. The van der Waals surface area contributed by atoms with Crippen LogP contribution in [0.4, 0.5) is 15.8 Å². The minimum Gasteiger partial charge on any atom is -0.374 e. The fourth-order valence-corrected chi connectivity index (χ4v) is 4.49. The van der Waals surface area contributed by atoms with Crippen LogP contribution in [0.1, 0.15) is 25.7 Å². The van der Waals surface area contributed by atoms with E-state index in [1.165, 1.54) is 18.9 Å². The number of hydrogen-bond donors (Lipinski definition) is 3. The van der Waals surface area contributed by atoms with E-state index in [1.807, 2.05) is 6.07 Å². The molecule has 8 heteroatoms. The molecule has 3 aliphatic heterocycles. The number of carbonyl (C=O) groups is 2. The molecule has 1 aromatic carbocycles. The van der Waals surface area contributed by atoms with Crippen molar-refractivity contribution in [3.63, 3.8) is 0 Å². The molecule has 1 aromatic rings. The Hall–Kier alpha value is -2.19. The maximum Gasteiger partial charge on any atom is 0.249 e. The number of benzene rings is 1. The minimum absolute atomic E-state index is 0.256. The molecule has 3 N–H and O–H groups in total. The molecule has 0 aliphatic carbocycles. The average molecular weight is 404 g/mol. The topological polar surface area (TPSA) is 76.7 Å². The van der Waals surface area contributed by atoms with Gasteiger partial charge in [-0.3, -0.25) is 19.8 Å². The van der Waals surface area contributed by atoms with Gasteiger partial charge >= 0.3 is 0 Å². The first-order valence-electron chi connectivity index (χ1n) is 10.7. The number of piperazine rings is 1. The van der Waals surface area contributed by atoms with Crippen LogP contribution in [0, 0.1) is 11.7 Å². The number of piperidine rings is 2. The summed E-state index contributed by atoms with van der Waals surface area (Å²) in [7, 11) is 0. The van der Waals surface area contributed by atoms with E-state index in [-0.39, 0.29) is 17.6 Å². The van der Waals surface area contributed by atoms with E-state index < -0.39 is 6.04 Å². The molecule has 3 saturated heterocycles. The zero-order chi connectivity index (χ0) is 20.2. The molecule has 0 radical (unpaired) electrons. The Balaban J connectivity index is 1.30. The first kappa shape index (κ1) is 20.1. The van der Waals surface area contributed by atoms with Crippen LogP contribution in [-0.4, -0.2) is 68.6 Å². The van der Waals surface area contributed by atoms with Crippen LogP contribution < -0.4 is 20.9 Å². The van der Waals surface area contributed by atoms with Gasteiger partial charge in [0.05, 0.1) is 5.69 Å². The summed E-state index contributed by atoms with van der Waals surface area (Å²) in [6.45, 7) is 6.94. The maximum atomic E-state index is 14.8. The third kappa shape index (κ3) is 5.05. The third-order valence-electron chi connectivity index (χ3n) is 6.22. The number of hydrogen-bond acceptors (Lipinski definition) is 6. The fraction of sp³-hybridized carbons (Fsp3) is 0.619. The van der Waals surface area contributed by atoms with Gasteiger partial charge in [0.15, 0.2) is 0 Å². The molecule has 0 saturated carbocycles. The number of carbonyl (C=O) groups excluding carboxylic acids is 2. The molecule has 2 amide bonds. The standard InChI is InChI=1S/C21H30FN5O2/c22-17-13-16(24-18-2-4-20(28)25-21(18)29)1-3-19(17)27-11-9-26(10-12-27)14-15-5-7-23-8-6-15/h1,3,13,15,18,23-24H,2,4-12,14H2,(H,25,28,29)/t18-/m0/s1. The Kier molecular flexibility index (Phi) is 6.30. The van der Waals surface area contributed by atoms with Crippen LogP contribution in [0.15, 0.2) is 18.2 Å². The molecule has 1 atom stereocenters. The Morgan fingerprint density at radius 1 is 1.07 bits per heavy atom. The van der Waals surface area contributed by atoms with E-state index in [4.69, 9.17) is 0 Å². The summed E-state index contributed by atoms with van der Waals surface area (Å²) in [5, 5.41) is 8.76. The van der Waals surface area contributed by atoms with Gasteiger partial charge in [0.25, 0.3) is 0 Å². The first-order chi connectivity index (χ1) is 14.1. The molecular formula is C21H30FN5O2. The average Bonchev–Trinajstić information content (AvgIpc) is 2.72. The van der Waals surface area contributed by atoms with Crippen LogP contribution in [-0.2, 0) is 9.59 Å². The molecule has 158 valence electrons. The van der Waals surface area contributed by atoms with Gasteiger partial charge in [-0.05, 0) is 56.5 Å².